The van der Waals surface area contributed by atoms with Crippen LogP contribution in [0, 0.1) is 0 Å². The smallest absolute Gasteiger partial charge is 0.420 e. The molecule has 0 radical (unpaired) electrons. The molecular formula is C12H36O3Si5. The first kappa shape index (κ1) is 21.0. The van der Waals surface area contributed by atoms with Crippen molar-refractivity contribution in [3.8, 4) is 0 Å². The molecule has 3 nitrogen and oxygen atoms in total. The van der Waals surface area contributed by atoms with Gasteiger partial charge in [-0.25, -0.2) is 0 Å². The van der Waals surface area contributed by atoms with Gasteiger partial charge in [-0.3, -0.25) is 0 Å². The fourth-order valence-corrected chi connectivity index (χ4v) is 33.6. The summed E-state index contributed by atoms with van der Waals surface area (Å²) in [6, 6.07) is 1.27. The average molecular weight is 369 g/mol. The molecule has 0 amide bonds. The summed E-state index contributed by atoms with van der Waals surface area (Å²) >= 11 is 0. The molecule has 8 heteroatoms. The van der Waals surface area contributed by atoms with Crippen molar-refractivity contribution in [1.82, 2.24) is 0 Å². The van der Waals surface area contributed by atoms with Gasteiger partial charge in [0.2, 0.25) is 0 Å². The maximum Gasteiger partial charge on any atom is 0.431 e. The predicted molar refractivity (Wildman–Crippen MR) is 103 cm³/mol. The standard InChI is InChI=1S/C12H36O3Si5/c1-11-12-16-20(13-17(2,3)4,14-18(5,6)7)15-19(8,9)10/h11-12,16H2,1-10H3. The van der Waals surface area contributed by atoms with E-state index in [4.69, 9.17) is 12.3 Å². The van der Waals surface area contributed by atoms with E-state index in [0.717, 1.165) is 0 Å². The van der Waals surface area contributed by atoms with Gasteiger partial charge in [0, 0.05) is 0 Å². The fraction of sp³-hybridized carbons (Fsp3) is 1.00. The number of hydrogen-bond acceptors (Lipinski definition) is 3. The van der Waals surface area contributed by atoms with Gasteiger partial charge in [-0.15, -0.1) is 0 Å². The second-order valence-electron chi connectivity index (χ2n) is 8.43. The summed E-state index contributed by atoms with van der Waals surface area (Å²) in [5.74, 6) is 0. The molecular weight excluding hydrogens is 333 g/mol. The van der Waals surface area contributed by atoms with Crippen LogP contribution in [0.3, 0.4) is 0 Å². The summed E-state index contributed by atoms with van der Waals surface area (Å²) in [5, 5.41) is 0. The molecule has 0 aromatic heterocycles. The van der Waals surface area contributed by atoms with Crippen LogP contribution in [-0.2, 0) is 12.3 Å². The Bertz CT molecular complexity index is 250. The zero-order chi connectivity index (χ0) is 16.2. The van der Waals surface area contributed by atoms with Crippen molar-refractivity contribution in [3.63, 3.8) is 0 Å². The molecule has 0 aliphatic carbocycles. The van der Waals surface area contributed by atoms with E-state index in [9.17, 15) is 0 Å². The van der Waals surface area contributed by atoms with E-state index in [1.54, 1.807) is 0 Å². The second kappa shape index (κ2) is 7.49. The van der Waals surface area contributed by atoms with Gasteiger partial charge in [0.15, 0.2) is 25.0 Å². The lowest BCUT2D eigenvalue weighted by Crippen LogP contribution is -2.64. The van der Waals surface area contributed by atoms with Crippen LogP contribution in [0.5, 0.6) is 0 Å². The highest BCUT2D eigenvalue weighted by atomic mass is 29.2. The molecule has 0 bridgehead atoms. The van der Waals surface area contributed by atoms with Crippen molar-refractivity contribution in [2.24, 2.45) is 0 Å². The minimum atomic E-state index is -2.40. The molecule has 0 rings (SSSR count). The minimum absolute atomic E-state index is 0.445. The van der Waals surface area contributed by atoms with E-state index >= 15 is 0 Å². The lowest BCUT2D eigenvalue weighted by Gasteiger charge is -2.43. The Morgan fingerprint density at radius 3 is 1.15 bits per heavy atom. The molecule has 0 saturated heterocycles. The van der Waals surface area contributed by atoms with Crippen molar-refractivity contribution in [3.05, 3.63) is 0 Å². The third kappa shape index (κ3) is 10.7. The second-order valence-corrected chi connectivity index (χ2v) is 30.2. The van der Waals surface area contributed by atoms with Crippen molar-refractivity contribution in [2.45, 2.75) is 78.3 Å². The lowest BCUT2D eigenvalue weighted by molar-refractivity contribution is 0.282. The highest BCUT2D eigenvalue weighted by molar-refractivity contribution is 7.20. The van der Waals surface area contributed by atoms with Crippen LogP contribution >= 0.6 is 0 Å². The third-order valence-electron chi connectivity index (χ3n) is 2.22. The van der Waals surface area contributed by atoms with Gasteiger partial charge in [0.05, 0.1) is 0 Å². The summed E-state index contributed by atoms with van der Waals surface area (Å²) in [6.45, 7) is 22.6. The molecule has 0 N–H and O–H groups in total. The van der Waals surface area contributed by atoms with Gasteiger partial charge in [-0.2, -0.15) is 0 Å². The van der Waals surface area contributed by atoms with Crippen molar-refractivity contribution in [1.29, 1.82) is 0 Å². The highest BCUT2D eigenvalue weighted by Gasteiger charge is 2.48. The Morgan fingerprint density at radius 1 is 0.650 bits per heavy atom. The molecule has 0 aliphatic rings. The molecule has 0 spiro atoms. The summed E-state index contributed by atoms with van der Waals surface area (Å²) in [4.78, 5) is 0. The van der Waals surface area contributed by atoms with E-state index < -0.39 is 42.3 Å². The molecule has 0 atom stereocenters. The normalized spacial score (nSPS) is 15.3. The first-order valence-electron chi connectivity index (χ1n) is 7.79. The lowest BCUT2D eigenvalue weighted by atomic mass is 10.6. The van der Waals surface area contributed by atoms with Crippen LogP contribution in [0.15, 0.2) is 0 Å². The topological polar surface area (TPSA) is 27.7 Å². The summed E-state index contributed by atoms with van der Waals surface area (Å²) < 4.78 is 19.9. The monoisotopic (exact) mass is 368 g/mol. The van der Waals surface area contributed by atoms with Crippen LogP contribution in [0.25, 0.3) is 0 Å². The van der Waals surface area contributed by atoms with Crippen molar-refractivity contribution >= 4 is 42.3 Å². The predicted octanol–water partition coefficient (Wildman–Crippen LogP) is 3.97. The number of hydrogen-bond donors (Lipinski definition) is 0. The zero-order valence-electron chi connectivity index (χ0n) is 15.3. The first-order chi connectivity index (χ1) is 8.68. The fourth-order valence-electron chi connectivity index (χ4n) is 2.01. The molecule has 0 saturated carbocycles. The van der Waals surface area contributed by atoms with E-state index in [2.05, 4.69) is 65.8 Å². The van der Waals surface area contributed by atoms with Crippen LogP contribution < -0.4 is 0 Å². The van der Waals surface area contributed by atoms with Crippen LogP contribution in [0.2, 0.25) is 65.0 Å². The highest BCUT2D eigenvalue weighted by Crippen LogP contribution is 2.25. The van der Waals surface area contributed by atoms with Crippen molar-refractivity contribution < 1.29 is 12.3 Å². The quantitative estimate of drug-likeness (QED) is 0.576. The molecule has 0 unspecified atom stereocenters. The maximum atomic E-state index is 6.64. The molecule has 0 aromatic carbocycles. The largest absolute Gasteiger partial charge is 0.431 e. The minimum Gasteiger partial charge on any atom is -0.420 e. The van der Waals surface area contributed by atoms with Gasteiger partial charge in [-0.1, -0.05) is 19.4 Å². The van der Waals surface area contributed by atoms with Crippen LogP contribution in [0.1, 0.15) is 13.3 Å². The summed E-state index contributed by atoms with van der Waals surface area (Å²) in [6.07, 6.45) is 1.22. The Kier molecular flexibility index (Phi) is 7.85. The van der Waals surface area contributed by atoms with Gasteiger partial charge in [0.1, 0.15) is 9.04 Å². The summed E-state index contributed by atoms with van der Waals surface area (Å²) in [5.41, 5.74) is 0. The van der Waals surface area contributed by atoms with Crippen LogP contribution in [-0.4, -0.2) is 42.3 Å². The zero-order valence-corrected chi connectivity index (χ0v) is 20.8. The first-order valence-corrected chi connectivity index (χ1v) is 23.1. The summed E-state index contributed by atoms with van der Waals surface area (Å²) in [7, 11) is -7.80. The van der Waals surface area contributed by atoms with Gasteiger partial charge < -0.3 is 12.3 Å². The molecule has 0 aliphatic heterocycles. The Labute approximate surface area is 133 Å². The number of rotatable bonds is 9. The Morgan fingerprint density at radius 2 is 0.950 bits per heavy atom. The van der Waals surface area contributed by atoms with Gasteiger partial charge in [0.25, 0.3) is 0 Å². The SMILES string of the molecule is CCC[SiH2][Si](O[Si](C)(C)C)(O[Si](C)(C)C)O[Si](C)(C)C. The van der Waals surface area contributed by atoms with E-state index in [1.807, 2.05) is 0 Å². The average Bonchev–Trinajstić information content (AvgIpc) is 2.05. The molecule has 122 valence electrons. The molecule has 0 aromatic rings. The molecule has 0 fully saturated rings. The Hall–Kier alpha value is 0.964. The molecule has 20 heavy (non-hydrogen) atoms. The van der Waals surface area contributed by atoms with Gasteiger partial charge >= 0.3 is 8.32 Å². The van der Waals surface area contributed by atoms with Gasteiger partial charge in [-0.05, 0) is 58.9 Å². The Balaban J connectivity index is 5.38. The molecule has 0 heterocycles. The van der Waals surface area contributed by atoms with E-state index in [1.165, 1.54) is 12.5 Å². The maximum absolute atomic E-state index is 6.64. The van der Waals surface area contributed by atoms with Crippen LogP contribution in [0.4, 0.5) is 0 Å². The van der Waals surface area contributed by atoms with E-state index in [0.29, 0.717) is 0 Å². The van der Waals surface area contributed by atoms with Crippen molar-refractivity contribution in [2.75, 3.05) is 0 Å². The van der Waals surface area contributed by atoms with E-state index in [-0.39, 0.29) is 0 Å². The third-order valence-corrected chi connectivity index (χ3v) is 21.8.